The number of hydrogen-bond acceptors (Lipinski definition) is 6. The summed E-state index contributed by atoms with van der Waals surface area (Å²) in [7, 11) is 0. The molecule has 3 rings (SSSR count). The average molecular weight is 382 g/mol. The monoisotopic (exact) mass is 382 g/mol. The molecule has 0 unspecified atom stereocenters. The molecule has 0 N–H and O–H groups in total. The Morgan fingerprint density at radius 1 is 1.00 bits per heavy atom. The number of morpholine rings is 1. The van der Waals surface area contributed by atoms with Crippen LogP contribution in [0, 0.1) is 0 Å². The molecule has 0 aliphatic carbocycles. The van der Waals surface area contributed by atoms with Crippen LogP contribution in [0.25, 0.3) is 0 Å². The van der Waals surface area contributed by atoms with Crippen LogP contribution < -0.4 is 0 Å². The Bertz CT molecular complexity index is 696. The van der Waals surface area contributed by atoms with E-state index in [1.165, 1.54) is 18.3 Å². The summed E-state index contributed by atoms with van der Waals surface area (Å²) in [5, 5.41) is 0. The number of rotatable bonds is 1. The summed E-state index contributed by atoms with van der Waals surface area (Å²) in [6.45, 7) is 0.301. The smallest absolute Gasteiger partial charge is 0.406 e. The fourth-order valence-corrected chi connectivity index (χ4v) is 2.36. The van der Waals surface area contributed by atoms with Crippen molar-refractivity contribution in [3.63, 3.8) is 0 Å². The van der Waals surface area contributed by atoms with Crippen molar-refractivity contribution in [1.82, 2.24) is 9.88 Å². The molecule has 12 heteroatoms. The molecule has 1 aromatic heterocycles. The number of halogens is 6. The van der Waals surface area contributed by atoms with Crippen LogP contribution in [0.2, 0.25) is 0 Å². The lowest BCUT2D eigenvalue weighted by molar-refractivity contribution is -0.293. The van der Waals surface area contributed by atoms with Crippen molar-refractivity contribution in [2.45, 2.75) is 18.0 Å². The Hall–Kier alpha value is -2.37. The highest BCUT2D eigenvalue weighted by Gasteiger charge is 2.74. The van der Waals surface area contributed by atoms with E-state index in [0.29, 0.717) is 0 Å². The Morgan fingerprint density at radius 2 is 1.65 bits per heavy atom. The van der Waals surface area contributed by atoms with Gasteiger partial charge in [-0.3, -0.25) is 4.98 Å². The molecule has 2 aliphatic rings. The molecule has 26 heavy (non-hydrogen) atoms. The maximum atomic E-state index is 13.5. The average Bonchev–Trinajstić information content (AvgIpc) is 2.61. The SMILES string of the molecule is FC(F)(F)C1(C(F)(F)F)N=C(c2cccnc2)OC(N2CCOCC2)=N1. The molecule has 0 atom stereocenters. The summed E-state index contributed by atoms with van der Waals surface area (Å²) in [6, 6.07) is 1.77. The van der Waals surface area contributed by atoms with Gasteiger partial charge in [-0.1, -0.05) is 0 Å². The Labute approximate surface area is 143 Å². The fourth-order valence-electron chi connectivity index (χ4n) is 2.36. The zero-order valence-corrected chi connectivity index (χ0v) is 13.0. The third-order valence-corrected chi connectivity index (χ3v) is 3.69. The van der Waals surface area contributed by atoms with Crippen molar-refractivity contribution in [3.8, 4) is 0 Å². The number of alkyl halides is 6. The first-order chi connectivity index (χ1) is 12.1. The number of pyridine rings is 1. The number of amidine groups is 1. The fraction of sp³-hybridized carbons (Fsp3) is 0.500. The summed E-state index contributed by atoms with van der Waals surface area (Å²) in [4.78, 5) is 10.5. The van der Waals surface area contributed by atoms with E-state index in [4.69, 9.17) is 9.47 Å². The number of aromatic nitrogens is 1. The molecule has 2 aliphatic heterocycles. The van der Waals surface area contributed by atoms with E-state index in [2.05, 4.69) is 15.0 Å². The molecule has 0 amide bonds. The molecule has 0 spiro atoms. The Kier molecular flexibility index (Phi) is 4.54. The minimum atomic E-state index is -5.82. The third kappa shape index (κ3) is 3.20. The van der Waals surface area contributed by atoms with Crippen LogP contribution in [-0.2, 0) is 9.47 Å². The van der Waals surface area contributed by atoms with E-state index < -0.39 is 29.9 Å². The van der Waals surface area contributed by atoms with Crippen LogP contribution in [0.5, 0.6) is 0 Å². The zero-order chi connectivity index (χ0) is 19.0. The molecule has 142 valence electrons. The largest absolute Gasteiger partial charge is 0.443 e. The van der Waals surface area contributed by atoms with Crippen molar-refractivity contribution >= 4 is 11.9 Å². The van der Waals surface area contributed by atoms with Crippen molar-refractivity contribution in [1.29, 1.82) is 0 Å². The maximum Gasteiger partial charge on any atom is 0.443 e. The highest BCUT2D eigenvalue weighted by molar-refractivity contribution is 6.02. The van der Waals surface area contributed by atoms with Gasteiger partial charge in [-0.05, 0) is 12.1 Å². The lowest BCUT2D eigenvalue weighted by Crippen LogP contribution is -2.58. The van der Waals surface area contributed by atoms with Crippen molar-refractivity contribution in [2.75, 3.05) is 26.3 Å². The molecule has 1 aromatic rings. The van der Waals surface area contributed by atoms with Crippen LogP contribution in [0.1, 0.15) is 5.56 Å². The van der Waals surface area contributed by atoms with Gasteiger partial charge in [0.05, 0.1) is 18.8 Å². The maximum absolute atomic E-state index is 13.5. The van der Waals surface area contributed by atoms with E-state index in [0.717, 1.165) is 11.1 Å². The topological polar surface area (TPSA) is 59.3 Å². The summed E-state index contributed by atoms with van der Waals surface area (Å²) >= 11 is 0. The van der Waals surface area contributed by atoms with E-state index >= 15 is 0 Å². The minimum absolute atomic E-state index is 0.0327. The van der Waals surface area contributed by atoms with Gasteiger partial charge in [-0.25, -0.2) is 4.99 Å². The molecule has 1 saturated heterocycles. The van der Waals surface area contributed by atoms with Gasteiger partial charge in [0.15, 0.2) is 0 Å². The van der Waals surface area contributed by atoms with Gasteiger partial charge in [0.25, 0.3) is 6.02 Å². The molecule has 0 saturated carbocycles. The van der Waals surface area contributed by atoms with Gasteiger partial charge < -0.3 is 14.4 Å². The normalized spacial score (nSPS) is 20.9. The molecule has 6 nitrogen and oxygen atoms in total. The molecule has 0 bridgehead atoms. The second kappa shape index (κ2) is 6.41. The summed E-state index contributed by atoms with van der Waals surface area (Å²) in [5.41, 5.74) is -4.79. The third-order valence-electron chi connectivity index (χ3n) is 3.69. The quantitative estimate of drug-likeness (QED) is 0.700. The van der Waals surface area contributed by atoms with Gasteiger partial charge in [-0.2, -0.15) is 31.3 Å². The molecule has 3 heterocycles. The standard InChI is InChI=1S/C14H12F6N4O2/c15-13(16,17)12(14(18,19)20)22-10(9-2-1-3-21-8-9)26-11(23-12)24-4-6-25-7-5-24/h1-3,8H,4-7H2. The van der Waals surface area contributed by atoms with Crippen molar-refractivity contribution in [3.05, 3.63) is 30.1 Å². The van der Waals surface area contributed by atoms with Crippen molar-refractivity contribution in [2.24, 2.45) is 9.98 Å². The molecule has 0 aromatic carbocycles. The van der Waals surface area contributed by atoms with E-state index in [1.807, 2.05) is 0 Å². The van der Waals surface area contributed by atoms with Gasteiger partial charge in [0.1, 0.15) is 0 Å². The highest BCUT2D eigenvalue weighted by atomic mass is 19.4. The second-order valence-corrected chi connectivity index (χ2v) is 5.42. The predicted octanol–water partition coefficient (Wildman–Crippen LogP) is 2.37. The van der Waals surface area contributed by atoms with Crippen LogP contribution in [0.4, 0.5) is 26.3 Å². The highest BCUT2D eigenvalue weighted by Crippen LogP contribution is 2.48. The van der Waals surface area contributed by atoms with Gasteiger partial charge in [0, 0.05) is 25.5 Å². The van der Waals surface area contributed by atoms with Crippen LogP contribution in [0.3, 0.4) is 0 Å². The van der Waals surface area contributed by atoms with Crippen LogP contribution in [0.15, 0.2) is 34.5 Å². The summed E-state index contributed by atoms with van der Waals surface area (Å²) in [5.74, 6) is -0.857. The van der Waals surface area contributed by atoms with Gasteiger partial charge in [-0.15, -0.1) is 0 Å². The molecular weight excluding hydrogens is 370 g/mol. The Morgan fingerprint density at radius 3 is 2.19 bits per heavy atom. The zero-order valence-electron chi connectivity index (χ0n) is 13.0. The minimum Gasteiger partial charge on any atom is -0.406 e. The van der Waals surface area contributed by atoms with Gasteiger partial charge in [0.2, 0.25) is 5.90 Å². The molecular formula is C14H12F6N4O2. The lowest BCUT2D eigenvalue weighted by Gasteiger charge is -2.37. The van der Waals surface area contributed by atoms with Gasteiger partial charge >= 0.3 is 18.0 Å². The predicted molar refractivity (Wildman–Crippen MR) is 76.5 cm³/mol. The first-order valence-corrected chi connectivity index (χ1v) is 7.38. The van der Waals surface area contributed by atoms with Crippen LogP contribution >= 0.6 is 0 Å². The lowest BCUT2D eigenvalue weighted by atomic mass is 10.1. The van der Waals surface area contributed by atoms with E-state index in [9.17, 15) is 26.3 Å². The first kappa shape index (κ1) is 18.4. The summed E-state index contributed by atoms with van der Waals surface area (Å²) in [6.07, 6.45) is -9.27. The number of hydrogen-bond donors (Lipinski definition) is 0. The van der Waals surface area contributed by atoms with E-state index in [-0.39, 0.29) is 31.9 Å². The number of aliphatic imine (C=N–C) groups is 2. The van der Waals surface area contributed by atoms with Crippen molar-refractivity contribution < 1.29 is 35.8 Å². The van der Waals surface area contributed by atoms with Crippen LogP contribution in [-0.4, -0.2) is 66.1 Å². The first-order valence-electron chi connectivity index (χ1n) is 7.38. The second-order valence-electron chi connectivity index (χ2n) is 5.42. The number of nitrogens with zero attached hydrogens (tertiary/aromatic N) is 4. The molecule has 0 radical (unpaired) electrons. The summed E-state index contributed by atoms with van der Waals surface area (Å²) < 4.78 is 91.1. The Balaban J connectivity index is 2.14. The van der Waals surface area contributed by atoms with E-state index in [1.54, 1.807) is 0 Å². The number of ether oxygens (including phenoxy) is 2. The molecule has 1 fully saturated rings.